The lowest BCUT2D eigenvalue weighted by Gasteiger charge is -2.16. The Morgan fingerprint density at radius 2 is 2.12 bits per heavy atom. The standard InChI is InChI=1S/C13H21NO2S/c1-10(17(3)16)7-8-14-11(2)12-5-4-6-13(15)9-12/h4-6,9-11,14-15H,7-8H2,1-3H3. The molecule has 0 spiro atoms. The van der Waals surface area contributed by atoms with Gasteiger partial charge in [0.15, 0.2) is 0 Å². The van der Waals surface area contributed by atoms with Crippen LogP contribution < -0.4 is 5.32 Å². The van der Waals surface area contributed by atoms with E-state index in [1.807, 2.05) is 19.1 Å². The lowest BCUT2D eigenvalue weighted by Crippen LogP contribution is -2.24. The molecule has 1 aromatic rings. The predicted molar refractivity (Wildman–Crippen MR) is 72.7 cm³/mol. The highest BCUT2D eigenvalue weighted by atomic mass is 32.2. The van der Waals surface area contributed by atoms with Gasteiger partial charge in [-0.1, -0.05) is 19.1 Å². The summed E-state index contributed by atoms with van der Waals surface area (Å²) in [6, 6.07) is 7.45. The Balaban J connectivity index is 2.40. The molecule has 96 valence electrons. The molecule has 3 nitrogen and oxygen atoms in total. The number of phenolic OH excluding ortho intramolecular Hbond substituents is 1. The molecule has 3 atom stereocenters. The van der Waals surface area contributed by atoms with E-state index in [0.717, 1.165) is 18.5 Å². The van der Waals surface area contributed by atoms with Gasteiger partial charge in [0, 0.05) is 28.3 Å². The summed E-state index contributed by atoms with van der Waals surface area (Å²) in [5.74, 6) is 0.291. The third-order valence-electron chi connectivity index (χ3n) is 2.94. The van der Waals surface area contributed by atoms with Crippen molar-refractivity contribution in [2.24, 2.45) is 0 Å². The molecule has 0 bridgehead atoms. The fourth-order valence-electron chi connectivity index (χ4n) is 1.58. The smallest absolute Gasteiger partial charge is 0.115 e. The molecular weight excluding hydrogens is 234 g/mol. The molecule has 2 N–H and O–H groups in total. The molecule has 1 rings (SSSR count). The third kappa shape index (κ3) is 4.88. The first-order valence-corrected chi connectivity index (χ1v) is 7.47. The van der Waals surface area contributed by atoms with Crippen LogP contribution >= 0.6 is 0 Å². The average molecular weight is 255 g/mol. The molecule has 3 unspecified atom stereocenters. The third-order valence-corrected chi connectivity index (χ3v) is 4.31. The van der Waals surface area contributed by atoms with Crippen molar-refractivity contribution in [2.75, 3.05) is 12.8 Å². The predicted octanol–water partition coefficient (Wildman–Crippen LogP) is 2.20. The van der Waals surface area contributed by atoms with Crippen LogP contribution in [0.25, 0.3) is 0 Å². The Morgan fingerprint density at radius 3 is 2.71 bits per heavy atom. The van der Waals surface area contributed by atoms with Crippen molar-refractivity contribution in [1.29, 1.82) is 0 Å². The normalized spacial score (nSPS) is 16.4. The van der Waals surface area contributed by atoms with Gasteiger partial charge in [0.2, 0.25) is 0 Å². The molecule has 0 saturated heterocycles. The van der Waals surface area contributed by atoms with Gasteiger partial charge in [-0.2, -0.15) is 0 Å². The van der Waals surface area contributed by atoms with Crippen LogP contribution in [0.3, 0.4) is 0 Å². The monoisotopic (exact) mass is 255 g/mol. The lowest BCUT2D eigenvalue weighted by atomic mass is 10.1. The first-order valence-electron chi connectivity index (χ1n) is 5.85. The molecule has 0 heterocycles. The second-order valence-electron chi connectivity index (χ2n) is 4.37. The summed E-state index contributed by atoms with van der Waals surface area (Å²) in [7, 11) is -0.753. The summed E-state index contributed by atoms with van der Waals surface area (Å²) in [5, 5.41) is 13.0. The molecule has 17 heavy (non-hydrogen) atoms. The van der Waals surface area contributed by atoms with Gasteiger partial charge in [0.25, 0.3) is 0 Å². The zero-order valence-electron chi connectivity index (χ0n) is 10.6. The van der Waals surface area contributed by atoms with Crippen LogP contribution in [0, 0.1) is 0 Å². The summed E-state index contributed by atoms with van der Waals surface area (Å²) < 4.78 is 11.2. The molecule has 0 amide bonds. The quantitative estimate of drug-likeness (QED) is 0.819. The van der Waals surface area contributed by atoms with Crippen molar-refractivity contribution < 1.29 is 9.32 Å². The Kier molecular flexibility index (Phi) is 5.65. The first kappa shape index (κ1) is 14.2. The van der Waals surface area contributed by atoms with Crippen LogP contribution in [0.15, 0.2) is 24.3 Å². The van der Waals surface area contributed by atoms with E-state index in [1.54, 1.807) is 18.4 Å². The van der Waals surface area contributed by atoms with Gasteiger partial charge in [-0.15, -0.1) is 0 Å². The number of hydrogen-bond donors (Lipinski definition) is 2. The van der Waals surface area contributed by atoms with Crippen LogP contribution in [-0.2, 0) is 10.8 Å². The molecular formula is C13H21NO2S. The van der Waals surface area contributed by atoms with Gasteiger partial charge in [0.1, 0.15) is 5.75 Å². The molecule has 0 radical (unpaired) electrons. The van der Waals surface area contributed by atoms with E-state index >= 15 is 0 Å². The van der Waals surface area contributed by atoms with Crippen molar-refractivity contribution in [3.8, 4) is 5.75 Å². The van der Waals surface area contributed by atoms with Crippen molar-refractivity contribution in [3.05, 3.63) is 29.8 Å². The SMILES string of the molecule is CC(NCCC(C)S(C)=O)c1cccc(O)c1. The fraction of sp³-hybridized carbons (Fsp3) is 0.538. The van der Waals surface area contributed by atoms with Crippen molar-refractivity contribution in [2.45, 2.75) is 31.6 Å². The Hall–Kier alpha value is -0.870. The zero-order valence-corrected chi connectivity index (χ0v) is 11.5. The summed E-state index contributed by atoms with van der Waals surface area (Å²) >= 11 is 0. The van der Waals surface area contributed by atoms with E-state index in [-0.39, 0.29) is 11.3 Å². The van der Waals surface area contributed by atoms with Gasteiger partial charge in [-0.25, -0.2) is 0 Å². The van der Waals surface area contributed by atoms with Crippen LogP contribution in [0.4, 0.5) is 0 Å². The molecule has 0 aliphatic rings. The Morgan fingerprint density at radius 1 is 1.41 bits per heavy atom. The maximum Gasteiger partial charge on any atom is 0.115 e. The van der Waals surface area contributed by atoms with Crippen LogP contribution in [0.5, 0.6) is 5.75 Å². The highest BCUT2D eigenvalue weighted by Crippen LogP contribution is 2.17. The van der Waals surface area contributed by atoms with Crippen LogP contribution in [0.2, 0.25) is 0 Å². The summed E-state index contributed by atoms with van der Waals surface area (Å²) in [5.41, 5.74) is 1.07. The minimum Gasteiger partial charge on any atom is -0.508 e. The Labute approximate surface area is 106 Å². The average Bonchev–Trinajstić information content (AvgIpc) is 2.28. The molecule has 0 aromatic heterocycles. The number of nitrogens with one attached hydrogen (secondary N) is 1. The van der Waals surface area contributed by atoms with Gasteiger partial charge in [-0.3, -0.25) is 4.21 Å². The highest BCUT2D eigenvalue weighted by molar-refractivity contribution is 7.84. The molecule has 0 saturated carbocycles. The second-order valence-corrected chi connectivity index (χ2v) is 6.17. The van der Waals surface area contributed by atoms with E-state index in [0.29, 0.717) is 5.75 Å². The fourth-order valence-corrected chi connectivity index (χ4v) is 2.03. The molecule has 4 heteroatoms. The van der Waals surface area contributed by atoms with Crippen LogP contribution in [0.1, 0.15) is 31.9 Å². The van der Waals surface area contributed by atoms with Gasteiger partial charge in [0.05, 0.1) is 0 Å². The highest BCUT2D eigenvalue weighted by Gasteiger charge is 2.08. The van der Waals surface area contributed by atoms with Crippen molar-refractivity contribution in [3.63, 3.8) is 0 Å². The van der Waals surface area contributed by atoms with Crippen LogP contribution in [-0.4, -0.2) is 27.4 Å². The Bertz CT molecular complexity index is 381. The molecule has 1 aromatic carbocycles. The molecule has 0 aliphatic carbocycles. The number of hydrogen-bond acceptors (Lipinski definition) is 3. The van der Waals surface area contributed by atoms with Gasteiger partial charge < -0.3 is 10.4 Å². The maximum absolute atomic E-state index is 11.2. The number of aromatic hydroxyl groups is 1. The van der Waals surface area contributed by atoms with Gasteiger partial charge in [-0.05, 0) is 37.6 Å². The number of phenols is 1. The van der Waals surface area contributed by atoms with Crippen molar-refractivity contribution in [1.82, 2.24) is 5.32 Å². The van der Waals surface area contributed by atoms with E-state index in [1.165, 1.54) is 0 Å². The second kappa shape index (κ2) is 6.77. The van der Waals surface area contributed by atoms with Crippen molar-refractivity contribution >= 4 is 10.8 Å². The summed E-state index contributed by atoms with van der Waals surface area (Å²) in [4.78, 5) is 0. The molecule has 0 aliphatic heterocycles. The largest absolute Gasteiger partial charge is 0.508 e. The summed E-state index contributed by atoms with van der Waals surface area (Å²) in [6.45, 7) is 4.89. The summed E-state index contributed by atoms with van der Waals surface area (Å²) in [6.07, 6.45) is 2.63. The zero-order chi connectivity index (χ0) is 12.8. The topological polar surface area (TPSA) is 49.3 Å². The maximum atomic E-state index is 11.2. The van der Waals surface area contributed by atoms with Gasteiger partial charge >= 0.3 is 0 Å². The van der Waals surface area contributed by atoms with E-state index in [4.69, 9.17) is 0 Å². The number of benzene rings is 1. The van der Waals surface area contributed by atoms with E-state index in [2.05, 4.69) is 12.2 Å². The van der Waals surface area contributed by atoms with E-state index in [9.17, 15) is 9.32 Å². The number of rotatable bonds is 6. The first-order chi connectivity index (χ1) is 8.00. The lowest BCUT2D eigenvalue weighted by molar-refractivity contribution is 0.472. The minimum absolute atomic E-state index is 0.194. The minimum atomic E-state index is -0.753. The van der Waals surface area contributed by atoms with E-state index < -0.39 is 10.8 Å². The molecule has 0 fully saturated rings.